The Labute approximate surface area is 206 Å². The second-order valence-corrected chi connectivity index (χ2v) is 9.23. The quantitative estimate of drug-likeness (QED) is 0.288. The number of hydrogen-bond acceptors (Lipinski definition) is 7. The lowest BCUT2D eigenvalue weighted by molar-refractivity contribution is -0.156. The van der Waals surface area contributed by atoms with Gasteiger partial charge in [-0.15, -0.1) is 0 Å². The molecule has 2 aliphatic heterocycles. The summed E-state index contributed by atoms with van der Waals surface area (Å²) in [6, 6.07) is 18.7. The van der Waals surface area contributed by atoms with Crippen molar-refractivity contribution in [2.45, 2.75) is 63.3 Å². The molecular formula is C28H33NO6. The van der Waals surface area contributed by atoms with Crippen molar-refractivity contribution >= 4 is 17.9 Å². The van der Waals surface area contributed by atoms with E-state index in [-0.39, 0.29) is 24.0 Å². The fourth-order valence-corrected chi connectivity index (χ4v) is 5.34. The molecule has 2 bridgehead atoms. The van der Waals surface area contributed by atoms with Crippen LogP contribution in [0.4, 0.5) is 0 Å². The highest BCUT2D eigenvalue weighted by Crippen LogP contribution is 2.41. The molecule has 4 atom stereocenters. The third-order valence-electron chi connectivity index (χ3n) is 7.04. The number of rotatable bonds is 10. The number of fused-ring (bicyclic) bond motifs is 2. The summed E-state index contributed by atoms with van der Waals surface area (Å²) in [6.07, 6.45) is 3.84. The van der Waals surface area contributed by atoms with Gasteiger partial charge in [0, 0.05) is 24.9 Å². The number of nitrogens with zero attached hydrogens (tertiary/aromatic N) is 1. The maximum Gasteiger partial charge on any atom is 0.338 e. The van der Waals surface area contributed by atoms with E-state index in [0.29, 0.717) is 25.0 Å². The van der Waals surface area contributed by atoms with Gasteiger partial charge in [-0.3, -0.25) is 14.5 Å². The molecule has 2 unspecified atom stereocenters. The van der Waals surface area contributed by atoms with Crippen LogP contribution in [-0.2, 0) is 30.4 Å². The molecule has 2 fully saturated rings. The van der Waals surface area contributed by atoms with Gasteiger partial charge in [0.25, 0.3) is 0 Å². The van der Waals surface area contributed by atoms with Gasteiger partial charge in [-0.25, -0.2) is 4.79 Å². The van der Waals surface area contributed by atoms with Crippen LogP contribution in [0.3, 0.4) is 0 Å². The van der Waals surface area contributed by atoms with E-state index < -0.39 is 18.0 Å². The summed E-state index contributed by atoms with van der Waals surface area (Å²) in [5.74, 6) is -1.46. The highest BCUT2D eigenvalue weighted by atomic mass is 16.6. The van der Waals surface area contributed by atoms with Crippen molar-refractivity contribution in [1.29, 1.82) is 0 Å². The van der Waals surface area contributed by atoms with Crippen molar-refractivity contribution in [3.05, 3.63) is 71.8 Å². The first-order valence-electron chi connectivity index (χ1n) is 12.4. The third kappa shape index (κ3) is 6.28. The molecule has 2 aromatic carbocycles. The van der Waals surface area contributed by atoms with Crippen molar-refractivity contribution in [3.8, 4) is 0 Å². The number of hydrogen-bond donors (Lipinski definition) is 0. The normalized spacial score (nSPS) is 23.5. The first kappa shape index (κ1) is 24.9. The Morgan fingerprint density at radius 2 is 1.66 bits per heavy atom. The zero-order valence-electron chi connectivity index (χ0n) is 20.1. The number of ether oxygens (including phenoxy) is 3. The topological polar surface area (TPSA) is 82.1 Å². The Balaban J connectivity index is 1.28. The predicted octanol–water partition coefficient (Wildman–Crippen LogP) is 4.15. The van der Waals surface area contributed by atoms with Crippen molar-refractivity contribution in [2.24, 2.45) is 5.92 Å². The fraction of sp³-hybridized carbons (Fsp3) is 0.464. The van der Waals surface area contributed by atoms with E-state index in [1.54, 1.807) is 24.3 Å². The van der Waals surface area contributed by atoms with E-state index in [4.69, 9.17) is 14.2 Å². The summed E-state index contributed by atoms with van der Waals surface area (Å²) < 4.78 is 16.3. The molecule has 0 amide bonds. The number of esters is 3. The first-order chi connectivity index (χ1) is 17.1. The summed E-state index contributed by atoms with van der Waals surface area (Å²) in [5.41, 5.74) is 1.45. The number of unbranched alkanes of at least 4 members (excludes halogenated alkanes) is 1. The van der Waals surface area contributed by atoms with Crippen molar-refractivity contribution in [3.63, 3.8) is 0 Å². The standard InChI is InChI=1S/C28H33NO6/c1-33-28(32)26-23-16-15-22(18-24(26)35-27(31)21-12-6-3-7-13-21)29(23)17-9-8-14-25(30)34-19-20-10-4-2-5-11-20/h2-7,10-13,22-24,26H,8-9,14-19H2,1H3/t22?,23?,24-,26+/m0/s1. The number of benzene rings is 2. The number of methoxy groups -OCH3 is 1. The predicted molar refractivity (Wildman–Crippen MR) is 129 cm³/mol. The Bertz CT molecular complexity index is 995. The number of piperidine rings is 1. The highest BCUT2D eigenvalue weighted by molar-refractivity contribution is 5.89. The summed E-state index contributed by atoms with van der Waals surface area (Å²) in [5, 5.41) is 0. The van der Waals surface area contributed by atoms with Gasteiger partial charge in [-0.1, -0.05) is 48.5 Å². The molecule has 2 saturated heterocycles. The summed E-state index contributed by atoms with van der Waals surface area (Å²) in [4.78, 5) is 39.9. The molecule has 0 N–H and O–H groups in total. The number of carbonyl (C=O) groups excluding carboxylic acids is 3. The Morgan fingerprint density at radius 1 is 0.943 bits per heavy atom. The monoisotopic (exact) mass is 479 g/mol. The molecule has 2 aliphatic rings. The smallest absolute Gasteiger partial charge is 0.338 e. The molecule has 0 spiro atoms. The summed E-state index contributed by atoms with van der Waals surface area (Å²) >= 11 is 0. The lowest BCUT2D eigenvalue weighted by Gasteiger charge is -2.42. The van der Waals surface area contributed by atoms with Crippen molar-refractivity contribution < 1.29 is 28.6 Å². The van der Waals surface area contributed by atoms with Gasteiger partial charge in [0.2, 0.25) is 0 Å². The fourth-order valence-electron chi connectivity index (χ4n) is 5.34. The van der Waals surface area contributed by atoms with Crippen LogP contribution in [0, 0.1) is 5.92 Å². The number of carbonyl (C=O) groups is 3. The van der Waals surface area contributed by atoms with Crippen LogP contribution in [0.5, 0.6) is 0 Å². The maximum atomic E-state index is 12.7. The average Bonchev–Trinajstić information content (AvgIpc) is 3.17. The van der Waals surface area contributed by atoms with Crippen LogP contribution >= 0.6 is 0 Å². The summed E-state index contributed by atoms with van der Waals surface area (Å²) in [6.45, 7) is 1.08. The van der Waals surface area contributed by atoms with Crippen molar-refractivity contribution in [2.75, 3.05) is 13.7 Å². The molecular weight excluding hydrogens is 446 g/mol. The van der Waals surface area contributed by atoms with Crippen molar-refractivity contribution in [1.82, 2.24) is 4.90 Å². The lowest BCUT2D eigenvalue weighted by atomic mass is 9.87. The van der Waals surface area contributed by atoms with E-state index in [1.807, 2.05) is 36.4 Å². The first-order valence-corrected chi connectivity index (χ1v) is 12.4. The molecule has 186 valence electrons. The lowest BCUT2D eigenvalue weighted by Crippen LogP contribution is -2.55. The van der Waals surface area contributed by atoms with Crippen LogP contribution in [-0.4, -0.2) is 54.7 Å². The van der Waals surface area contributed by atoms with Gasteiger partial charge >= 0.3 is 17.9 Å². The van der Waals surface area contributed by atoms with Gasteiger partial charge in [0.15, 0.2) is 0 Å². The molecule has 2 aromatic rings. The second kappa shape index (κ2) is 12.0. The van der Waals surface area contributed by atoms with Crippen LogP contribution in [0.25, 0.3) is 0 Å². The third-order valence-corrected chi connectivity index (χ3v) is 7.04. The van der Waals surface area contributed by atoms with E-state index >= 15 is 0 Å². The average molecular weight is 480 g/mol. The minimum Gasteiger partial charge on any atom is -0.469 e. The Kier molecular flexibility index (Phi) is 8.53. The van der Waals surface area contributed by atoms with Gasteiger partial charge in [0.1, 0.15) is 18.6 Å². The Hall–Kier alpha value is -3.19. The van der Waals surface area contributed by atoms with Gasteiger partial charge in [-0.2, -0.15) is 0 Å². The van der Waals surface area contributed by atoms with Crippen LogP contribution in [0.1, 0.15) is 54.4 Å². The van der Waals surface area contributed by atoms with Gasteiger partial charge in [-0.05, 0) is 49.9 Å². The van der Waals surface area contributed by atoms with Gasteiger partial charge in [0.05, 0.1) is 12.7 Å². The maximum absolute atomic E-state index is 12.7. The molecule has 7 nitrogen and oxygen atoms in total. The molecule has 35 heavy (non-hydrogen) atoms. The minimum atomic E-state index is -0.512. The van der Waals surface area contributed by atoms with E-state index in [1.165, 1.54) is 7.11 Å². The zero-order chi connectivity index (χ0) is 24.6. The minimum absolute atomic E-state index is 0.0280. The van der Waals surface area contributed by atoms with Crippen LogP contribution in [0.2, 0.25) is 0 Å². The molecule has 0 aliphatic carbocycles. The molecule has 0 aromatic heterocycles. The van der Waals surface area contributed by atoms with E-state index in [2.05, 4.69) is 4.90 Å². The Morgan fingerprint density at radius 3 is 2.37 bits per heavy atom. The van der Waals surface area contributed by atoms with Crippen LogP contribution < -0.4 is 0 Å². The largest absolute Gasteiger partial charge is 0.469 e. The molecule has 7 heteroatoms. The second-order valence-electron chi connectivity index (χ2n) is 9.23. The molecule has 0 saturated carbocycles. The molecule has 2 heterocycles. The summed E-state index contributed by atoms with van der Waals surface area (Å²) in [7, 11) is 1.38. The van der Waals surface area contributed by atoms with E-state index in [0.717, 1.165) is 37.8 Å². The highest BCUT2D eigenvalue weighted by Gasteiger charge is 2.52. The van der Waals surface area contributed by atoms with Gasteiger partial charge < -0.3 is 14.2 Å². The zero-order valence-corrected chi connectivity index (χ0v) is 20.1. The van der Waals surface area contributed by atoms with E-state index in [9.17, 15) is 14.4 Å². The SMILES string of the molecule is COC(=O)[C@@H]1C2CCC(C[C@@H]1OC(=O)c1ccccc1)N2CCCCC(=O)OCc1ccccc1. The molecule has 4 rings (SSSR count). The molecule has 0 radical (unpaired) electrons. The van der Waals surface area contributed by atoms with Crippen LogP contribution in [0.15, 0.2) is 60.7 Å².